The number of amides is 1. The lowest BCUT2D eigenvalue weighted by Gasteiger charge is -2.04. The number of nitrogens with zero attached hydrogens (tertiary/aromatic N) is 1. The summed E-state index contributed by atoms with van der Waals surface area (Å²) in [6.45, 7) is 4.94. The van der Waals surface area contributed by atoms with Crippen molar-refractivity contribution >= 4 is 38.6 Å². The monoisotopic (exact) mass is 398 g/mol. The Hall–Kier alpha value is -2.93. The predicted octanol–water partition coefficient (Wildman–Crippen LogP) is 4.90. The highest BCUT2D eigenvalue weighted by atomic mass is 32.1. The van der Waals surface area contributed by atoms with Gasteiger partial charge in [0, 0.05) is 5.56 Å². The first kappa shape index (κ1) is 19.8. The SMILES string of the molecule is CCCCOC(=O)c1ccc2nc(NC(=O)c3ccc(OCC)cc3)sc2c1. The number of carbonyl (C=O) groups excluding carboxylic acids is 2. The molecular weight excluding hydrogens is 376 g/mol. The van der Waals surface area contributed by atoms with Gasteiger partial charge in [-0.25, -0.2) is 9.78 Å². The predicted molar refractivity (Wildman–Crippen MR) is 110 cm³/mol. The number of ether oxygens (including phenoxy) is 2. The summed E-state index contributed by atoms with van der Waals surface area (Å²) < 4.78 is 11.4. The van der Waals surface area contributed by atoms with Crippen LogP contribution in [0.1, 0.15) is 47.4 Å². The zero-order valence-corrected chi connectivity index (χ0v) is 16.7. The van der Waals surface area contributed by atoms with Crippen molar-refractivity contribution in [2.75, 3.05) is 18.5 Å². The number of anilines is 1. The van der Waals surface area contributed by atoms with E-state index in [0.717, 1.165) is 28.8 Å². The fourth-order valence-electron chi connectivity index (χ4n) is 2.54. The van der Waals surface area contributed by atoms with Crippen LogP contribution in [0.25, 0.3) is 10.2 Å². The Labute approximate surface area is 167 Å². The number of carbonyl (C=O) groups is 2. The van der Waals surface area contributed by atoms with Crippen LogP contribution in [0, 0.1) is 0 Å². The van der Waals surface area contributed by atoms with Crippen molar-refractivity contribution in [1.82, 2.24) is 4.98 Å². The number of fused-ring (bicyclic) bond motifs is 1. The number of hydrogen-bond donors (Lipinski definition) is 1. The molecule has 0 aliphatic heterocycles. The first-order chi connectivity index (χ1) is 13.6. The van der Waals surface area contributed by atoms with Crippen molar-refractivity contribution in [1.29, 1.82) is 0 Å². The summed E-state index contributed by atoms with van der Waals surface area (Å²) in [5, 5.41) is 3.28. The number of esters is 1. The van der Waals surface area contributed by atoms with Gasteiger partial charge in [0.2, 0.25) is 0 Å². The van der Waals surface area contributed by atoms with Gasteiger partial charge in [-0.05, 0) is 55.8 Å². The van der Waals surface area contributed by atoms with E-state index in [2.05, 4.69) is 10.3 Å². The molecule has 1 aromatic heterocycles. The van der Waals surface area contributed by atoms with E-state index in [0.29, 0.717) is 29.5 Å². The third kappa shape index (κ3) is 4.86. The minimum absolute atomic E-state index is 0.249. The molecule has 0 aliphatic rings. The molecule has 0 saturated heterocycles. The van der Waals surface area contributed by atoms with E-state index < -0.39 is 0 Å². The van der Waals surface area contributed by atoms with Crippen LogP contribution in [0.3, 0.4) is 0 Å². The number of rotatable bonds is 8. The standard InChI is InChI=1S/C21H22N2O4S/c1-3-5-12-27-20(25)15-8-11-17-18(13-15)28-21(22-17)23-19(24)14-6-9-16(10-7-14)26-4-2/h6-11,13H,3-5,12H2,1-2H3,(H,22,23,24). The van der Waals surface area contributed by atoms with Gasteiger partial charge in [-0.2, -0.15) is 0 Å². The van der Waals surface area contributed by atoms with Gasteiger partial charge in [-0.15, -0.1) is 0 Å². The van der Waals surface area contributed by atoms with Crippen molar-refractivity contribution in [3.63, 3.8) is 0 Å². The lowest BCUT2D eigenvalue weighted by Crippen LogP contribution is -2.11. The van der Waals surface area contributed by atoms with Crippen LogP contribution in [-0.4, -0.2) is 30.1 Å². The Morgan fingerprint density at radius 2 is 1.82 bits per heavy atom. The molecule has 0 radical (unpaired) electrons. The van der Waals surface area contributed by atoms with Crippen LogP contribution < -0.4 is 10.1 Å². The molecule has 0 saturated carbocycles. The van der Waals surface area contributed by atoms with Gasteiger partial charge in [-0.1, -0.05) is 24.7 Å². The van der Waals surface area contributed by atoms with Crippen LogP contribution in [-0.2, 0) is 4.74 Å². The van der Waals surface area contributed by atoms with Crippen molar-refractivity contribution in [2.24, 2.45) is 0 Å². The molecule has 0 atom stereocenters. The lowest BCUT2D eigenvalue weighted by molar-refractivity contribution is 0.0500. The molecule has 6 nitrogen and oxygen atoms in total. The maximum absolute atomic E-state index is 12.4. The van der Waals surface area contributed by atoms with Crippen molar-refractivity contribution in [2.45, 2.75) is 26.7 Å². The summed E-state index contributed by atoms with van der Waals surface area (Å²) in [7, 11) is 0. The summed E-state index contributed by atoms with van der Waals surface area (Å²) in [5.41, 5.74) is 1.72. The molecule has 3 rings (SSSR count). The smallest absolute Gasteiger partial charge is 0.338 e. The van der Waals surface area contributed by atoms with Gasteiger partial charge in [0.15, 0.2) is 5.13 Å². The highest BCUT2D eigenvalue weighted by molar-refractivity contribution is 7.22. The molecule has 1 heterocycles. The van der Waals surface area contributed by atoms with E-state index in [-0.39, 0.29) is 11.9 Å². The number of nitrogens with one attached hydrogen (secondary N) is 1. The molecule has 7 heteroatoms. The molecule has 1 N–H and O–H groups in total. The Morgan fingerprint density at radius 1 is 1.07 bits per heavy atom. The fourth-order valence-corrected chi connectivity index (χ4v) is 3.44. The van der Waals surface area contributed by atoms with Crippen LogP contribution in [0.15, 0.2) is 42.5 Å². The number of thiazole rings is 1. The third-order valence-electron chi connectivity index (χ3n) is 4.00. The van der Waals surface area contributed by atoms with Crippen molar-refractivity contribution in [3.8, 4) is 5.75 Å². The van der Waals surface area contributed by atoms with E-state index in [1.54, 1.807) is 42.5 Å². The van der Waals surface area contributed by atoms with Gasteiger partial charge in [-0.3, -0.25) is 10.1 Å². The molecule has 28 heavy (non-hydrogen) atoms. The number of benzene rings is 2. The van der Waals surface area contributed by atoms with Gasteiger partial charge in [0.25, 0.3) is 5.91 Å². The van der Waals surface area contributed by atoms with E-state index in [1.165, 1.54) is 11.3 Å². The summed E-state index contributed by atoms with van der Waals surface area (Å²) in [6, 6.07) is 12.1. The quantitative estimate of drug-likeness (QED) is 0.431. The van der Waals surface area contributed by atoms with Crippen LogP contribution >= 0.6 is 11.3 Å². The molecule has 0 spiro atoms. The van der Waals surface area contributed by atoms with Gasteiger partial charge in [0.05, 0.1) is 29.0 Å². The largest absolute Gasteiger partial charge is 0.494 e. The van der Waals surface area contributed by atoms with E-state index in [4.69, 9.17) is 9.47 Å². The van der Waals surface area contributed by atoms with Gasteiger partial charge < -0.3 is 9.47 Å². The highest BCUT2D eigenvalue weighted by Crippen LogP contribution is 2.27. The van der Waals surface area contributed by atoms with Gasteiger partial charge >= 0.3 is 5.97 Å². The second kappa shape index (κ2) is 9.32. The summed E-state index contributed by atoms with van der Waals surface area (Å²) in [4.78, 5) is 28.9. The zero-order valence-electron chi connectivity index (χ0n) is 15.9. The maximum Gasteiger partial charge on any atom is 0.338 e. The normalized spacial score (nSPS) is 10.6. The molecule has 0 unspecified atom stereocenters. The minimum atomic E-state index is -0.344. The molecule has 2 aromatic carbocycles. The average Bonchev–Trinajstić information content (AvgIpc) is 3.10. The first-order valence-electron chi connectivity index (χ1n) is 9.22. The summed E-state index contributed by atoms with van der Waals surface area (Å²) in [5.74, 6) is 0.127. The van der Waals surface area contributed by atoms with Crippen LogP contribution in [0.4, 0.5) is 5.13 Å². The van der Waals surface area contributed by atoms with E-state index in [9.17, 15) is 9.59 Å². The van der Waals surface area contributed by atoms with Crippen LogP contribution in [0.5, 0.6) is 5.75 Å². The van der Waals surface area contributed by atoms with Crippen molar-refractivity contribution in [3.05, 3.63) is 53.6 Å². The van der Waals surface area contributed by atoms with Crippen LogP contribution in [0.2, 0.25) is 0 Å². The molecule has 1 amide bonds. The first-order valence-corrected chi connectivity index (χ1v) is 10.0. The fraction of sp³-hybridized carbons (Fsp3) is 0.286. The lowest BCUT2D eigenvalue weighted by atomic mass is 10.2. The Morgan fingerprint density at radius 3 is 2.54 bits per heavy atom. The third-order valence-corrected chi connectivity index (χ3v) is 4.94. The second-order valence-corrected chi connectivity index (χ2v) is 7.13. The molecule has 0 aliphatic carbocycles. The minimum Gasteiger partial charge on any atom is -0.494 e. The second-order valence-electron chi connectivity index (χ2n) is 6.10. The summed E-state index contributed by atoms with van der Waals surface area (Å²) >= 11 is 1.32. The van der Waals surface area contributed by atoms with Gasteiger partial charge in [0.1, 0.15) is 5.75 Å². The van der Waals surface area contributed by atoms with E-state index >= 15 is 0 Å². The molecule has 3 aromatic rings. The Kier molecular flexibility index (Phi) is 6.60. The number of aromatic nitrogens is 1. The number of unbranched alkanes of at least 4 members (excludes halogenated alkanes) is 1. The number of hydrogen-bond acceptors (Lipinski definition) is 6. The van der Waals surface area contributed by atoms with Crippen molar-refractivity contribution < 1.29 is 19.1 Å². The molecular formula is C21H22N2O4S. The maximum atomic E-state index is 12.4. The molecule has 0 fully saturated rings. The summed E-state index contributed by atoms with van der Waals surface area (Å²) in [6.07, 6.45) is 1.81. The molecule has 0 bridgehead atoms. The average molecular weight is 398 g/mol. The Bertz CT molecular complexity index is 966. The molecule has 146 valence electrons. The Balaban J connectivity index is 1.69. The zero-order chi connectivity index (χ0) is 19.9. The van der Waals surface area contributed by atoms with E-state index in [1.807, 2.05) is 13.8 Å². The topological polar surface area (TPSA) is 77.5 Å². The highest BCUT2D eigenvalue weighted by Gasteiger charge is 2.13.